The monoisotopic (exact) mass is 235 g/mol. The Balaban J connectivity index is 2.44. The third kappa shape index (κ3) is 3.42. The van der Waals surface area contributed by atoms with Crippen molar-refractivity contribution in [3.8, 4) is 0 Å². The first-order valence-corrected chi connectivity index (χ1v) is 6.10. The highest BCUT2D eigenvalue weighted by Gasteiger charge is 2.00. The van der Waals surface area contributed by atoms with Crippen molar-refractivity contribution in [3.05, 3.63) is 77.9 Å². The zero-order valence-corrected chi connectivity index (χ0v) is 10.8. The van der Waals surface area contributed by atoms with E-state index >= 15 is 0 Å². The molecule has 0 amide bonds. The van der Waals surface area contributed by atoms with Crippen molar-refractivity contribution in [2.45, 2.75) is 13.8 Å². The fourth-order valence-corrected chi connectivity index (χ4v) is 1.70. The molecule has 0 bridgehead atoms. The van der Waals surface area contributed by atoms with Crippen molar-refractivity contribution < 1.29 is 0 Å². The Labute approximate surface area is 109 Å². The van der Waals surface area contributed by atoms with Gasteiger partial charge in [-0.1, -0.05) is 54.1 Å². The number of hydrogen-bond acceptors (Lipinski definition) is 1. The Hall–Kier alpha value is -2.15. The van der Waals surface area contributed by atoms with Gasteiger partial charge in [0, 0.05) is 5.56 Å². The number of rotatable bonds is 3. The fourth-order valence-electron chi connectivity index (χ4n) is 1.70. The van der Waals surface area contributed by atoms with Crippen LogP contribution in [0.3, 0.4) is 0 Å². The Bertz CT molecular complexity index is 547. The van der Waals surface area contributed by atoms with Crippen molar-refractivity contribution in [2.75, 3.05) is 0 Å². The lowest BCUT2D eigenvalue weighted by Crippen LogP contribution is -1.96. The van der Waals surface area contributed by atoms with Crippen LogP contribution in [0.15, 0.2) is 77.3 Å². The van der Waals surface area contributed by atoms with Crippen molar-refractivity contribution >= 4 is 11.4 Å². The summed E-state index contributed by atoms with van der Waals surface area (Å²) in [5.74, 6) is 0. The highest BCUT2D eigenvalue weighted by molar-refractivity contribution is 6.10. The van der Waals surface area contributed by atoms with E-state index in [4.69, 9.17) is 4.99 Å². The smallest absolute Gasteiger partial charge is 0.0708 e. The largest absolute Gasteiger partial charge is 0.248 e. The maximum absolute atomic E-state index is 4.71. The molecule has 18 heavy (non-hydrogen) atoms. The highest BCUT2D eigenvalue weighted by Crippen LogP contribution is 2.14. The van der Waals surface area contributed by atoms with Gasteiger partial charge < -0.3 is 0 Å². The molecule has 0 aromatic heterocycles. The molecule has 0 aliphatic heterocycles. The fraction of sp³-hybridized carbons (Fsp3) is 0.118. The van der Waals surface area contributed by atoms with Crippen LogP contribution >= 0.6 is 0 Å². The lowest BCUT2D eigenvalue weighted by Gasteiger charge is -2.03. The van der Waals surface area contributed by atoms with E-state index in [2.05, 4.69) is 32.1 Å². The number of allylic oxidation sites excluding steroid dienone is 2. The van der Waals surface area contributed by atoms with E-state index in [0.29, 0.717) is 0 Å². The van der Waals surface area contributed by atoms with E-state index < -0.39 is 0 Å². The predicted octanol–water partition coefficient (Wildman–Crippen LogP) is 4.77. The molecule has 0 radical (unpaired) electrons. The second-order valence-electron chi connectivity index (χ2n) is 4.42. The Morgan fingerprint density at radius 1 is 0.833 bits per heavy atom. The summed E-state index contributed by atoms with van der Waals surface area (Å²) in [6.07, 6.45) is 2.11. The summed E-state index contributed by atoms with van der Waals surface area (Å²) in [6.45, 7) is 4.17. The van der Waals surface area contributed by atoms with Crippen molar-refractivity contribution in [1.29, 1.82) is 0 Å². The second kappa shape index (κ2) is 5.97. The van der Waals surface area contributed by atoms with Crippen LogP contribution in [-0.2, 0) is 0 Å². The average molecular weight is 235 g/mol. The van der Waals surface area contributed by atoms with Crippen molar-refractivity contribution in [3.63, 3.8) is 0 Å². The highest BCUT2D eigenvalue weighted by atomic mass is 14.7. The molecular formula is C17H17N. The quantitative estimate of drug-likeness (QED) is 0.679. The van der Waals surface area contributed by atoms with Gasteiger partial charge in [0.1, 0.15) is 0 Å². The Kier molecular flexibility index (Phi) is 4.08. The molecule has 2 aromatic carbocycles. The van der Waals surface area contributed by atoms with Crippen molar-refractivity contribution in [1.82, 2.24) is 0 Å². The predicted molar refractivity (Wildman–Crippen MR) is 78.5 cm³/mol. The zero-order chi connectivity index (χ0) is 12.8. The van der Waals surface area contributed by atoms with Gasteiger partial charge in [0.2, 0.25) is 0 Å². The standard InChI is InChI=1S/C17H17N/c1-14(2)13-17(15-9-5-3-6-10-15)18-16-11-7-4-8-12-16/h3-13H,1-2H3. The van der Waals surface area contributed by atoms with Crippen LogP contribution in [0.25, 0.3) is 0 Å². The number of benzene rings is 2. The molecule has 0 fully saturated rings. The van der Waals surface area contributed by atoms with E-state index in [-0.39, 0.29) is 0 Å². The van der Waals surface area contributed by atoms with Crippen LogP contribution in [0, 0.1) is 0 Å². The van der Waals surface area contributed by atoms with Gasteiger partial charge >= 0.3 is 0 Å². The first-order valence-electron chi connectivity index (χ1n) is 6.10. The second-order valence-corrected chi connectivity index (χ2v) is 4.42. The maximum Gasteiger partial charge on any atom is 0.0708 e. The SMILES string of the molecule is CC(C)=CC(=Nc1ccccc1)c1ccccc1. The van der Waals surface area contributed by atoms with Crippen LogP contribution in [0.2, 0.25) is 0 Å². The molecule has 0 spiro atoms. The summed E-state index contributed by atoms with van der Waals surface area (Å²) in [5.41, 5.74) is 4.37. The van der Waals surface area contributed by atoms with Crippen LogP contribution in [0.4, 0.5) is 5.69 Å². The van der Waals surface area contributed by atoms with E-state index in [1.807, 2.05) is 48.5 Å². The van der Waals surface area contributed by atoms with Gasteiger partial charge in [-0.15, -0.1) is 0 Å². The lowest BCUT2D eigenvalue weighted by molar-refractivity contribution is 1.39. The van der Waals surface area contributed by atoms with Gasteiger partial charge in [-0.25, -0.2) is 4.99 Å². The van der Waals surface area contributed by atoms with Gasteiger partial charge in [0.25, 0.3) is 0 Å². The normalized spacial score (nSPS) is 11.1. The summed E-state index contributed by atoms with van der Waals surface area (Å²) < 4.78 is 0. The van der Waals surface area contributed by atoms with Crippen molar-refractivity contribution in [2.24, 2.45) is 4.99 Å². The molecule has 0 saturated carbocycles. The van der Waals surface area contributed by atoms with E-state index in [0.717, 1.165) is 17.0 Å². The summed E-state index contributed by atoms with van der Waals surface area (Å²) >= 11 is 0. The third-order valence-electron chi connectivity index (χ3n) is 2.50. The minimum Gasteiger partial charge on any atom is -0.248 e. The summed E-state index contributed by atoms with van der Waals surface area (Å²) in [5, 5.41) is 0. The van der Waals surface area contributed by atoms with Crippen LogP contribution in [-0.4, -0.2) is 5.71 Å². The summed E-state index contributed by atoms with van der Waals surface area (Å²) in [6, 6.07) is 20.3. The minimum atomic E-state index is 0.980. The molecule has 1 heteroatoms. The van der Waals surface area contributed by atoms with E-state index in [1.165, 1.54) is 5.57 Å². The molecule has 1 nitrogen and oxygen atoms in total. The van der Waals surface area contributed by atoms with E-state index in [1.54, 1.807) is 0 Å². The zero-order valence-electron chi connectivity index (χ0n) is 10.8. The molecular weight excluding hydrogens is 218 g/mol. The lowest BCUT2D eigenvalue weighted by atomic mass is 10.1. The van der Waals surface area contributed by atoms with Gasteiger partial charge in [-0.2, -0.15) is 0 Å². The molecule has 0 aliphatic rings. The van der Waals surface area contributed by atoms with Gasteiger partial charge in [0.05, 0.1) is 11.4 Å². The topological polar surface area (TPSA) is 12.4 Å². The Morgan fingerprint density at radius 2 is 1.39 bits per heavy atom. The van der Waals surface area contributed by atoms with Crippen LogP contribution in [0.1, 0.15) is 19.4 Å². The molecule has 2 rings (SSSR count). The molecule has 0 atom stereocenters. The number of nitrogens with zero attached hydrogens (tertiary/aromatic N) is 1. The minimum absolute atomic E-state index is 0.980. The molecule has 0 unspecified atom stereocenters. The molecule has 0 heterocycles. The summed E-state index contributed by atoms with van der Waals surface area (Å²) in [7, 11) is 0. The third-order valence-corrected chi connectivity index (χ3v) is 2.50. The number of para-hydroxylation sites is 1. The van der Waals surface area contributed by atoms with Gasteiger partial charge in [-0.3, -0.25) is 0 Å². The van der Waals surface area contributed by atoms with Gasteiger partial charge in [-0.05, 0) is 32.1 Å². The molecule has 90 valence electrons. The first-order chi connectivity index (χ1) is 8.75. The Morgan fingerprint density at radius 3 is 1.94 bits per heavy atom. The van der Waals surface area contributed by atoms with Gasteiger partial charge in [0.15, 0.2) is 0 Å². The molecule has 0 aliphatic carbocycles. The van der Waals surface area contributed by atoms with Crippen LogP contribution < -0.4 is 0 Å². The van der Waals surface area contributed by atoms with E-state index in [9.17, 15) is 0 Å². The van der Waals surface area contributed by atoms with Crippen LogP contribution in [0.5, 0.6) is 0 Å². The average Bonchev–Trinajstić information content (AvgIpc) is 2.40. The first kappa shape index (κ1) is 12.3. The summed E-state index contributed by atoms with van der Waals surface area (Å²) in [4.78, 5) is 4.71. The maximum atomic E-state index is 4.71. The number of aliphatic imine (C=N–C) groups is 1. The molecule has 2 aromatic rings. The number of hydrogen-bond donors (Lipinski definition) is 0. The molecule has 0 saturated heterocycles. The molecule has 0 N–H and O–H groups in total.